The van der Waals surface area contributed by atoms with Crippen LogP contribution >= 0.6 is 11.6 Å². The van der Waals surface area contributed by atoms with Gasteiger partial charge in [0.15, 0.2) is 0 Å². The maximum Gasteiger partial charge on any atom is 0.210 e. The third-order valence-corrected chi connectivity index (χ3v) is 3.18. The van der Waals surface area contributed by atoms with Crippen LogP contribution in [0.25, 0.3) is 0 Å². The molecule has 5 nitrogen and oxygen atoms in total. The van der Waals surface area contributed by atoms with Crippen LogP contribution in [0.15, 0.2) is 18.2 Å². The molecule has 1 aromatic carbocycles. The molecular formula is C10H15ClN2O3S. The van der Waals surface area contributed by atoms with Gasteiger partial charge in [0.2, 0.25) is 10.0 Å². The van der Waals surface area contributed by atoms with Crippen molar-refractivity contribution in [1.29, 1.82) is 0 Å². The Bertz CT molecular complexity index is 476. The Morgan fingerprint density at radius 1 is 1.47 bits per heavy atom. The van der Waals surface area contributed by atoms with Gasteiger partial charge in [-0.05, 0) is 17.7 Å². The minimum Gasteiger partial charge on any atom is -0.495 e. The van der Waals surface area contributed by atoms with Crippen molar-refractivity contribution in [2.24, 2.45) is 5.14 Å². The number of hydrogen-bond acceptors (Lipinski definition) is 4. The predicted octanol–water partition coefficient (Wildman–Crippen LogP) is 0.727. The molecule has 0 aliphatic heterocycles. The Kier molecular flexibility index (Phi) is 5.20. The smallest absolute Gasteiger partial charge is 0.210 e. The molecule has 1 rings (SSSR count). The Hall–Kier alpha value is -0.820. The Balaban J connectivity index is 2.45. The zero-order valence-corrected chi connectivity index (χ0v) is 11.0. The van der Waals surface area contributed by atoms with Crippen molar-refractivity contribution >= 4 is 21.6 Å². The van der Waals surface area contributed by atoms with Gasteiger partial charge in [-0.2, -0.15) is 0 Å². The third kappa shape index (κ3) is 5.36. The van der Waals surface area contributed by atoms with Crippen LogP contribution in [0.3, 0.4) is 0 Å². The molecule has 0 spiro atoms. The average Bonchev–Trinajstić information content (AvgIpc) is 2.23. The topological polar surface area (TPSA) is 81.4 Å². The van der Waals surface area contributed by atoms with E-state index in [2.05, 4.69) is 5.32 Å². The Labute approximate surface area is 106 Å². The van der Waals surface area contributed by atoms with E-state index in [4.69, 9.17) is 21.5 Å². The van der Waals surface area contributed by atoms with Gasteiger partial charge < -0.3 is 10.1 Å². The Morgan fingerprint density at radius 2 is 2.18 bits per heavy atom. The van der Waals surface area contributed by atoms with Crippen molar-refractivity contribution in [3.05, 3.63) is 28.8 Å². The summed E-state index contributed by atoms with van der Waals surface area (Å²) in [5.41, 5.74) is 0.949. The van der Waals surface area contributed by atoms with Crippen molar-refractivity contribution in [3.63, 3.8) is 0 Å². The summed E-state index contributed by atoms with van der Waals surface area (Å²) >= 11 is 5.95. The molecule has 1 aromatic rings. The molecule has 0 aliphatic rings. The van der Waals surface area contributed by atoms with E-state index in [-0.39, 0.29) is 5.75 Å². The van der Waals surface area contributed by atoms with E-state index in [1.165, 1.54) is 0 Å². The lowest BCUT2D eigenvalue weighted by Gasteiger charge is -2.07. The molecule has 0 aliphatic carbocycles. The van der Waals surface area contributed by atoms with Crippen LogP contribution < -0.4 is 15.2 Å². The van der Waals surface area contributed by atoms with Gasteiger partial charge in [-0.15, -0.1) is 0 Å². The lowest BCUT2D eigenvalue weighted by Crippen LogP contribution is -2.26. The maximum absolute atomic E-state index is 10.7. The van der Waals surface area contributed by atoms with Gasteiger partial charge in [0.1, 0.15) is 5.75 Å². The van der Waals surface area contributed by atoms with Crippen molar-refractivity contribution in [1.82, 2.24) is 5.32 Å². The first-order valence-corrected chi connectivity index (χ1v) is 7.05. The first-order valence-electron chi connectivity index (χ1n) is 4.96. The zero-order valence-electron chi connectivity index (χ0n) is 9.44. The summed E-state index contributed by atoms with van der Waals surface area (Å²) in [4.78, 5) is 0. The monoisotopic (exact) mass is 278 g/mol. The molecule has 0 radical (unpaired) electrons. The van der Waals surface area contributed by atoms with Crippen LogP contribution in [-0.4, -0.2) is 27.8 Å². The number of methoxy groups -OCH3 is 1. The SMILES string of the molecule is COc1ccc(CNCCS(N)(=O)=O)cc1Cl. The minimum absolute atomic E-state index is 0.0864. The van der Waals surface area contributed by atoms with Gasteiger partial charge in [-0.25, -0.2) is 13.6 Å². The quantitative estimate of drug-likeness (QED) is 0.752. The highest BCUT2D eigenvalue weighted by molar-refractivity contribution is 7.89. The van der Waals surface area contributed by atoms with E-state index in [0.717, 1.165) is 5.56 Å². The number of halogens is 1. The van der Waals surface area contributed by atoms with Crippen molar-refractivity contribution in [2.45, 2.75) is 6.54 Å². The number of nitrogens with two attached hydrogens (primary N) is 1. The summed E-state index contributed by atoms with van der Waals surface area (Å²) in [7, 11) is -1.86. The van der Waals surface area contributed by atoms with E-state index in [1.54, 1.807) is 19.2 Å². The van der Waals surface area contributed by atoms with Crippen LogP contribution in [0.5, 0.6) is 5.75 Å². The lowest BCUT2D eigenvalue weighted by molar-refractivity contribution is 0.415. The molecule has 0 saturated carbocycles. The van der Waals surface area contributed by atoms with Crippen molar-refractivity contribution < 1.29 is 13.2 Å². The van der Waals surface area contributed by atoms with Gasteiger partial charge in [-0.3, -0.25) is 0 Å². The van der Waals surface area contributed by atoms with Gasteiger partial charge in [0.05, 0.1) is 17.9 Å². The first kappa shape index (κ1) is 14.2. The van der Waals surface area contributed by atoms with Crippen LogP contribution in [0.4, 0.5) is 0 Å². The zero-order chi connectivity index (χ0) is 12.9. The summed E-state index contributed by atoms with van der Waals surface area (Å²) in [6.07, 6.45) is 0. The highest BCUT2D eigenvalue weighted by atomic mass is 35.5. The van der Waals surface area contributed by atoms with Crippen molar-refractivity contribution in [3.8, 4) is 5.75 Å². The van der Waals surface area contributed by atoms with Gasteiger partial charge in [0.25, 0.3) is 0 Å². The highest BCUT2D eigenvalue weighted by Crippen LogP contribution is 2.24. The molecule has 0 amide bonds. The van der Waals surface area contributed by atoms with Crippen LogP contribution in [-0.2, 0) is 16.6 Å². The van der Waals surface area contributed by atoms with Gasteiger partial charge in [0, 0.05) is 13.1 Å². The normalized spacial score (nSPS) is 11.5. The molecule has 0 heterocycles. The standard InChI is InChI=1S/C10H15ClN2O3S/c1-16-10-3-2-8(6-9(10)11)7-13-4-5-17(12,14)15/h2-3,6,13H,4-5,7H2,1H3,(H2,12,14,15). The summed E-state index contributed by atoms with van der Waals surface area (Å²) in [6, 6.07) is 5.39. The maximum atomic E-state index is 10.7. The van der Waals surface area contributed by atoms with Gasteiger partial charge >= 0.3 is 0 Å². The Morgan fingerprint density at radius 3 is 2.71 bits per heavy atom. The molecule has 0 saturated heterocycles. The second kappa shape index (κ2) is 6.20. The molecular weight excluding hydrogens is 264 g/mol. The fraction of sp³-hybridized carbons (Fsp3) is 0.400. The molecule has 0 atom stereocenters. The first-order chi connectivity index (χ1) is 7.92. The van der Waals surface area contributed by atoms with Crippen LogP contribution in [0.2, 0.25) is 5.02 Å². The summed E-state index contributed by atoms with van der Waals surface area (Å²) in [5, 5.41) is 8.36. The summed E-state index contributed by atoms with van der Waals surface area (Å²) in [5.74, 6) is 0.525. The number of nitrogens with one attached hydrogen (secondary N) is 1. The fourth-order valence-corrected chi connectivity index (χ4v) is 1.98. The average molecular weight is 279 g/mol. The number of ether oxygens (including phenoxy) is 1. The van der Waals surface area contributed by atoms with Gasteiger partial charge in [-0.1, -0.05) is 17.7 Å². The molecule has 0 unspecified atom stereocenters. The van der Waals surface area contributed by atoms with Crippen LogP contribution in [0.1, 0.15) is 5.56 Å². The number of hydrogen-bond donors (Lipinski definition) is 2. The number of sulfonamides is 1. The number of primary sulfonamides is 1. The molecule has 96 valence electrons. The van der Waals surface area contributed by atoms with E-state index in [0.29, 0.717) is 23.9 Å². The van der Waals surface area contributed by atoms with Crippen molar-refractivity contribution in [2.75, 3.05) is 19.4 Å². The highest BCUT2D eigenvalue weighted by Gasteiger charge is 2.03. The molecule has 7 heteroatoms. The molecule has 0 aromatic heterocycles. The predicted molar refractivity (Wildman–Crippen MR) is 67.7 cm³/mol. The fourth-order valence-electron chi connectivity index (χ4n) is 1.27. The van der Waals surface area contributed by atoms with E-state index in [1.807, 2.05) is 6.07 Å². The number of rotatable bonds is 6. The lowest BCUT2D eigenvalue weighted by atomic mass is 10.2. The second-order valence-electron chi connectivity index (χ2n) is 3.51. The molecule has 3 N–H and O–H groups in total. The summed E-state index contributed by atoms with van der Waals surface area (Å²) in [6.45, 7) is 0.835. The van der Waals surface area contributed by atoms with E-state index < -0.39 is 10.0 Å². The van der Waals surface area contributed by atoms with Crippen LogP contribution in [0, 0.1) is 0 Å². The second-order valence-corrected chi connectivity index (χ2v) is 5.65. The van der Waals surface area contributed by atoms with E-state index in [9.17, 15) is 8.42 Å². The van der Waals surface area contributed by atoms with E-state index >= 15 is 0 Å². The summed E-state index contributed by atoms with van der Waals surface area (Å²) < 4.78 is 26.4. The molecule has 0 bridgehead atoms. The number of benzene rings is 1. The molecule has 17 heavy (non-hydrogen) atoms. The largest absolute Gasteiger partial charge is 0.495 e. The molecule has 0 fully saturated rings. The third-order valence-electron chi connectivity index (χ3n) is 2.11. The minimum atomic E-state index is -3.41.